The van der Waals surface area contributed by atoms with Gasteiger partial charge in [0, 0.05) is 22.2 Å². The number of rotatable bonds is 5. The summed E-state index contributed by atoms with van der Waals surface area (Å²) in [4.78, 5) is 12.0. The first-order valence-electron chi connectivity index (χ1n) is 6.44. The van der Waals surface area contributed by atoms with Crippen LogP contribution in [0.25, 0.3) is 0 Å². The monoisotopic (exact) mass is 287 g/mol. The SMILES string of the molecule is CC(C(=O)Nc1ccccc1)S(=O)Cc1ccccc1. The lowest BCUT2D eigenvalue weighted by Gasteiger charge is -2.12. The first-order chi connectivity index (χ1) is 9.66. The van der Waals surface area contributed by atoms with Crippen molar-refractivity contribution in [2.45, 2.75) is 17.9 Å². The standard InChI is InChI=1S/C16H17NO2S/c1-13(16(18)17-15-10-6-3-7-11-15)20(19)12-14-8-4-2-5-9-14/h2-11,13H,12H2,1H3,(H,17,18). The largest absolute Gasteiger partial charge is 0.325 e. The van der Waals surface area contributed by atoms with Crippen LogP contribution in [0.1, 0.15) is 12.5 Å². The van der Waals surface area contributed by atoms with E-state index in [0.717, 1.165) is 11.3 Å². The first kappa shape index (κ1) is 14.5. The first-order valence-corrected chi connectivity index (χ1v) is 7.82. The predicted octanol–water partition coefficient (Wildman–Crippen LogP) is 2.96. The number of hydrogen-bond acceptors (Lipinski definition) is 2. The summed E-state index contributed by atoms with van der Waals surface area (Å²) in [7, 11) is -1.23. The molecule has 104 valence electrons. The molecule has 0 aliphatic rings. The molecule has 1 amide bonds. The molecule has 2 unspecified atom stereocenters. The molecule has 3 nitrogen and oxygen atoms in total. The molecular weight excluding hydrogens is 270 g/mol. The van der Waals surface area contributed by atoms with Crippen LogP contribution >= 0.6 is 0 Å². The molecule has 0 saturated carbocycles. The summed E-state index contributed by atoms with van der Waals surface area (Å²) >= 11 is 0. The topological polar surface area (TPSA) is 46.2 Å². The van der Waals surface area contributed by atoms with Crippen molar-refractivity contribution in [3.05, 3.63) is 66.2 Å². The third-order valence-electron chi connectivity index (χ3n) is 2.96. The molecule has 0 heterocycles. The van der Waals surface area contributed by atoms with Crippen LogP contribution in [0.15, 0.2) is 60.7 Å². The van der Waals surface area contributed by atoms with E-state index in [1.807, 2.05) is 60.7 Å². The fraction of sp³-hybridized carbons (Fsp3) is 0.188. The average Bonchev–Trinajstić information content (AvgIpc) is 2.48. The average molecular weight is 287 g/mol. The van der Waals surface area contributed by atoms with Crippen molar-refractivity contribution >= 4 is 22.4 Å². The van der Waals surface area contributed by atoms with E-state index < -0.39 is 16.0 Å². The van der Waals surface area contributed by atoms with Crippen LogP contribution in [0.3, 0.4) is 0 Å². The van der Waals surface area contributed by atoms with Gasteiger partial charge in [0.15, 0.2) is 0 Å². The fourth-order valence-corrected chi connectivity index (χ4v) is 2.82. The summed E-state index contributed by atoms with van der Waals surface area (Å²) in [5.41, 5.74) is 1.70. The Labute approximate surface area is 121 Å². The van der Waals surface area contributed by atoms with Gasteiger partial charge >= 0.3 is 0 Å². The lowest BCUT2D eigenvalue weighted by Crippen LogP contribution is -2.29. The fourth-order valence-electron chi connectivity index (χ4n) is 1.75. The van der Waals surface area contributed by atoms with Gasteiger partial charge in [0.05, 0.1) is 0 Å². The van der Waals surface area contributed by atoms with Gasteiger partial charge in [-0.3, -0.25) is 9.00 Å². The van der Waals surface area contributed by atoms with E-state index in [1.54, 1.807) is 6.92 Å². The molecule has 20 heavy (non-hydrogen) atoms. The number of para-hydroxylation sites is 1. The maximum atomic E-state index is 12.2. The molecular formula is C16H17NO2S. The lowest BCUT2D eigenvalue weighted by molar-refractivity contribution is -0.115. The Morgan fingerprint density at radius 3 is 2.20 bits per heavy atom. The Balaban J connectivity index is 1.95. The van der Waals surface area contributed by atoms with Gasteiger partial charge in [-0.2, -0.15) is 0 Å². The van der Waals surface area contributed by atoms with Crippen molar-refractivity contribution in [1.82, 2.24) is 0 Å². The molecule has 0 aliphatic heterocycles. The van der Waals surface area contributed by atoms with E-state index in [-0.39, 0.29) is 5.91 Å². The Morgan fingerprint density at radius 1 is 1.05 bits per heavy atom. The highest BCUT2D eigenvalue weighted by Gasteiger charge is 2.20. The second kappa shape index (κ2) is 7.01. The minimum absolute atomic E-state index is 0.217. The predicted molar refractivity (Wildman–Crippen MR) is 82.8 cm³/mol. The summed E-state index contributed by atoms with van der Waals surface area (Å²) in [6.45, 7) is 1.69. The summed E-state index contributed by atoms with van der Waals surface area (Å²) in [6, 6.07) is 18.8. The van der Waals surface area contributed by atoms with Gasteiger partial charge in [0.2, 0.25) is 5.91 Å². The van der Waals surface area contributed by atoms with Crippen LogP contribution < -0.4 is 5.32 Å². The molecule has 4 heteroatoms. The molecule has 0 aromatic heterocycles. The van der Waals surface area contributed by atoms with E-state index in [4.69, 9.17) is 0 Å². The van der Waals surface area contributed by atoms with Crippen molar-refractivity contribution in [3.8, 4) is 0 Å². The molecule has 0 spiro atoms. The summed E-state index contributed by atoms with van der Waals surface area (Å²) in [5, 5.41) is 2.23. The molecule has 0 radical (unpaired) electrons. The Hall–Kier alpha value is -1.94. The van der Waals surface area contributed by atoms with Crippen molar-refractivity contribution in [1.29, 1.82) is 0 Å². The Kier molecular flexibility index (Phi) is 5.07. The number of anilines is 1. The number of carbonyl (C=O) groups is 1. The van der Waals surface area contributed by atoms with E-state index in [0.29, 0.717) is 5.75 Å². The van der Waals surface area contributed by atoms with Gasteiger partial charge in [-0.05, 0) is 24.6 Å². The third kappa shape index (κ3) is 4.03. The van der Waals surface area contributed by atoms with Crippen LogP contribution in [-0.2, 0) is 21.3 Å². The van der Waals surface area contributed by atoms with Crippen molar-refractivity contribution in [2.24, 2.45) is 0 Å². The van der Waals surface area contributed by atoms with Crippen molar-refractivity contribution < 1.29 is 9.00 Å². The second-order valence-electron chi connectivity index (χ2n) is 4.51. The van der Waals surface area contributed by atoms with Crippen molar-refractivity contribution in [2.75, 3.05) is 5.32 Å². The Bertz CT molecular complexity index is 530. The van der Waals surface area contributed by atoms with Gasteiger partial charge in [-0.1, -0.05) is 48.5 Å². The number of nitrogens with one attached hydrogen (secondary N) is 1. The van der Waals surface area contributed by atoms with E-state index in [1.165, 1.54) is 0 Å². The van der Waals surface area contributed by atoms with Crippen LogP contribution in [-0.4, -0.2) is 15.4 Å². The molecule has 2 aromatic carbocycles. The van der Waals surface area contributed by atoms with E-state index >= 15 is 0 Å². The number of hydrogen-bond donors (Lipinski definition) is 1. The van der Waals surface area contributed by atoms with Crippen LogP contribution in [0.4, 0.5) is 5.69 Å². The minimum Gasteiger partial charge on any atom is -0.325 e. The lowest BCUT2D eigenvalue weighted by atomic mass is 10.2. The van der Waals surface area contributed by atoms with Gasteiger partial charge in [-0.25, -0.2) is 0 Å². The highest BCUT2D eigenvalue weighted by Crippen LogP contribution is 2.10. The molecule has 2 aromatic rings. The minimum atomic E-state index is -1.23. The summed E-state index contributed by atoms with van der Waals surface area (Å²) < 4.78 is 12.2. The molecule has 0 fully saturated rings. The molecule has 1 N–H and O–H groups in total. The van der Waals surface area contributed by atoms with Crippen LogP contribution in [0.2, 0.25) is 0 Å². The molecule has 2 atom stereocenters. The van der Waals surface area contributed by atoms with Gasteiger partial charge in [0.1, 0.15) is 5.25 Å². The zero-order valence-electron chi connectivity index (χ0n) is 11.3. The van der Waals surface area contributed by atoms with Crippen LogP contribution in [0, 0.1) is 0 Å². The summed E-state index contributed by atoms with van der Waals surface area (Å²) in [6.07, 6.45) is 0. The normalized spacial score (nSPS) is 13.4. The highest BCUT2D eigenvalue weighted by atomic mass is 32.2. The summed E-state index contributed by atoms with van der Waals surface area (Å²) in [5.74, 6) is 0.176. The van der Waals surface area contributed by atoms with E-state index in [2.05, 4.69) is 5.32 Å². The number of benzene rings is 2. The number of amides is 1. The maximum absolute atomic E-state index is 12.2. The zero-order chi connectivity index (χ0) is 14.4. The molecule has 0 aliphatic carbocycles. The molecule has 0 bridgehead atoms. The smallest absolute Gasteiger partial charge is 0.239 e. The number of carbonyl (C=O) groups excluding carboxylic acids is 1. The van der Waals surface area contributed by atoms with Gasteiger partial charge in [0.25, 0.3) is 0 Å². The molecule has 2 rings (SSSR count). The molecule has 0 saturated heterocycles. The quantitative estimate of drug-likeness (QED) is 0.919. The van der Waals surface area contributed by atoms with Gasteiger partial charge in [-0.15, -0.1) is 0 Å². The van der Waals surface area contributed by atoms with Gasteiger partial charge < -0.3 is 5.32 Å². The Morgan fingerprint density at radius 2 is 1.60 bits per heavy atom. The zero-order valence-corrected chi connectivity index (χ0v) is 12.1. The van der Waals surface area contributed by atoms with E-state index in [9.17, 15) is 9.00 Å². The van der Waals surface area contributed by atoms with Crippen molar-refractivity contribution in [3.63, 3.8) is 0 Å². The second-order valence-corrected chi connectivity index (χ2v) is 6.27. The van der Waals surface area contributed by atoms with Crippen LogP contribution in [0.5, 0.6) is 0 Å². The highest BCUT2D eigenvalue weighted by molar-refractivity contribution is 7.85. The third-order valence-corrected chi connectivity index (χ3v) is 4.58. The maximum Gasteiger partial charge on any atom is 0.239 e.